The second-order valence-corrected chi connectivity index (χ2v) is 5.47. The van der Waals surface area contributed by atoms with E-state index in [0.29, 0.717) is 13.0 Å². The van der Waals surface area contributed by atoms with Crippen LogP contribution in [0.4, 0.5) is 4.79 Å². The van der Waals surface area contributed by atoms with Gasteiger partial charge < -0.3 is 15.7 Å². The number of hydrogen-bond acceptors (Lipinski definition) is 4. The maximum Gasteiger partial charge on any atom is 0.315 e. The number of urea groups is 1. The lowest BCUT2D eigenvalue weighted by Crippen LogP contribution is -2.41. The van der Waals surface area contributed by atoms with Crippen LogP contribution in [0.1, 0.15) is 35.3 Å². The monoisotopic (exact) mass is 271 g/mol. The van der Waals surface area contributed by atoms with E-state index in [1.165, 1.54) is 0 Å². The molecule has 1 aromatic rings. The van der Waals surface area contributed by atoms with Crippen molar-refractivity contribution >= 4 is 17.4 Å². The van der Waals surface area contributed by atoms with Crippen molar-refractivity contribution in [2.45, 2.75) is 46.2 Å². The van der Waals surface area contributed by atoms with E-state index in [1.807, 2.05) is 20.8 Å². The lowest BCUT2D eigenvalue weighted by Gasteiger charge is -2.16. The average Bonchev–Trinajstić information content (AvgIpc) is 2.64. The smallest absolute Gasteiger partial charge is 0.315 e. The number of aromatic nitrogens is 1. The minimum absolute atomic E-state index is 0.0271. The van der Waals surface area contributed by atoms with Gasteiger partial charge in [-0.15, -0.1) is 11.3 Å². The predicted molar refractivity (Wildman–Crippen MR) is 72.7 cm³/mol. The summed E-state index contributed by atoms with van der Waals surface area (Å²) in [6.45, 7) is 6.47. The summed E-state index contributed by atoms with van der Waals surface area (Å²) >= 11 is 1.60. The van der Waals surface area contributed by atoms with Crippen molar-refractivity contribution in [2.24, 2.45) is 0 Å². The lowest BCUT2D eigenvalue weighted by molar-refractivity contribution is 0.227. The highest BCUT2D eigenvalue weighted by atomic mass is 32.1. The molecule has 0 radical (unpaired) electrons. The second-order valence-electron chi connectivity index (χ2n) is 4.19. The molecule has 0 aliphatic rings. The summed E-state index contributed by atoms with van der Waals surface area (Å²) in [4.78, 5) is 17.0. The number of aryl methyl sites for hydroxylation is 2. The highest BCUT2D eigenvalue weighted by Crippen LogP contribution is 2.16. The Bertz CT molecular complexity index is 393. The fraction of sp³-hybridized carbons (Fsp3) is 0.667. The quantitative estimate of drug-likeness (QED) is 0.737. The fourth-order valence-corrected chi connectivity index (χ4v) is 2.55. The van der Waals surface area contributed by atoms with E-state index < -0.39 is 0 Å². The summed E-state index contributed by atoms with van der Waals surface area (Å²) in [6, 6.07) is -0.167. The zero-order chi connectivity index (χ0) is 13.5. The summed E-state index contributed by atoms with van der Waals surface area (Å²) in [7, 11) is 0. The number of amides is 2. The zero-order valence-corrected chi connectivity index (χ0v) is 11.9. The SMILES string of the molecule is CCC(CCO)NC(=O)NCc1sc(C)nc1C. The number of nitrogens with one attached hydrogen (secondary N) is 2. The van der Waals surface area contributed by atoms with E-state index in [-0.39, 0.29) is 18.7 Å². The Kier molecular flexibility index (Phi) is 6.07. The third-order valence-corrected chi connectivity index (χ3v) is 3.79. The Hall–Kier alpha value is -1.14. The molecule has 1 aromatic heterocycles. The number of hydrogen-bond donors (Lipinski definition) is 3. The molecule has 0 bridgehead atoms. The number of aliphatic hydroxyl groups is 1. The molecule has 0 aromatic carbocycles. The van der Waals surface area contributed by atoms with Crippen LogP contribution in [0.3, 0.4) is 0 Å². The number of nitrogens with zero attached hydrogens (tertiary/aromatic N) is 1. The van der Waals surface area contributed by atoms with Crippen molar-refractivity contribution in [1.29, 1.82) is 0 Å². The van der Waals surface area contributed by atoms with Crippen LogP contribution < -0.4 is 10.6 Å². The number of aliphatic hydroxyl groups excluding tert-OH is 1. The minimum Gasteiger partial charge on any atom is -0.396 e. The van der Waals surface area contributed by atoms with Crippen LogP contribution in [0, 0.1) is 13.8 Å². The largest absolute Gasteiger partial charge is 0.396 e. The van der Waals surface area contributed by atoms with Crippen molar-refractivity contribution in [3.8, 4) is 0 Å². The summed E-state index contributed by atoms with van der Waals surface area (Å²) in [5.74, 6) is 0. The number of thiazole rings is 1. The molecule has 18 heavy (non-hydrogen) atoms. The molecule has 0 spiro atoms. The summed E-state index contributed by atoms with van der Waals surface area (Å²) < 4.78 is 0. The molecule has 0 aliphatic heterocycles. The molecule has 1 unspecified atom stereocenters. The molecule has 1 rings (SSSR count). The van der Waals surface area contributed by atoms with Gasteiger partial charge in [-0.1, -0.05) is 6.92 Å². The van der Waals surface area contributed by atoms with Gasteiger partial charge in [0.15, 0.2) is 0 Å². The van der Waals surface area contributed by atoms with Gasteiger partial charge >= 0.3 is 6.03 Å². The van der Waals surface area contributed by atoms with Crippen LogP contribution in [0.15, 0.2) is 0 Å². The highest BCUT2D eigenvalue weighted by molar-refractivity contribution is 7.11. The number of carbonyl (C=O) groups excluding carboxylic acids is 1. The van der Waals surface area contributed by atoms with Gasteiger partial charge in [0.1, 0.15) is 0 Å². The Morgan fingerprint density at radius 2 is 2.22 bits per heavy atom. The van der Waals surface area contributed by atoms with Crippen molar-refractivity contribution in [3.05, 3.63) is 15.6 Å². The predicted octanol–water partition coefficient (Wildman–Crippen LogP) is 1.72. The first-order valence-electron chi connectivity index (χ1n) is 6.15. The van der Waals surface area contributed by atoms with Gasteiger partial charge in [-0.3, -0.25) is 0 Å². The van der Waals surface area contributed by atoms with Crippen molar-refractivity contribution in [1.82, 2.24) is 15.6 Å². The molecule has 6 heteroatoms. The third-order valence-electron chi connectivity index (χ3n) is 2.71. The fourth-order valence-electron chi connectivity index (χ4n) is 1.67. The van der Waals surface area contributed by atoms with Crippen LogP contribution >= 0.6 is 11.3 Å². The van der Waals surface area contributed by atoms with Crippen molar-refractivity contribution in [2.75, 3.05) is 6.61 Å². The maximum absolute atomic E-state index is 11.7. The Balaban J connectivity index is 2.39. The summed E-state index contributed by atoms with van der Waals surface area (Å²) in [6.07, 6.45) is 1.40. The maximum atomic E-state index is 11.7. The molecule has 0 fully saturated rings. The lowest BCUT2D eigenvalue weighted by atomic mass is 10.2. The molecule has 0 aliphatic carbocycles. The standard InChI is InChI=1S/C12H21N3O2S/c1-4-10(5-6-16)15-12(17)13-7-11-8(2)14-9(3)18-11/h10,16H,4-7H2,1-3H3,(H2,13,15,17). The van der Waals surface area contributed by atoms with Gasteiger partial charge in [-0.25, -0.2) is 9.78 Å². The van der Waals surface area contributed by atoms with Crippen LogP contribution in [-0.4, -0.2) is 28.8 Å². The zero-order valence-electron chi connectivity index (χ0n) is 11.1. The molecule has 0 saturated carbocycles. The molecule has 102 valence electrons. The molecular weight excluding hydrogens is 250 g/mol. The molecule has 1 heterocycles. The summed E-state index contributed by atoms with van der Waals surface area (Å²) in [5, 5.41) is 15.5. The van der Waals surface area contributed by atoms with E-state index in [0.717, 1.165) is 22.0 Å². The highest BCUT2D eigenvalue weighted by Gasteiger charge is 2.10. The van der Waals surface area contributed by atoms with E-state index in [2.05, 4.69) is 15.6 Å². The van der Waals surface area contributed by atoms with E-state index in [9.17, 15) is 4.79 Å². The van der Waals surface area contributed by atoms with Gasteiger partial charge in [-0.2, -0.15) is 0 Å². The molecular formula is C12H21N3O2S. The average molecular weight is 271 g/mol. The van der Waals surface area contributed by atoms with E-state index >= 15 is 0 Å². The normalized spacial score (nSPS) is 12.2. The van der Waals surface area contributed by atoms with Gasteiger partial charge in [0.05, 0.1) is 17.2 Å². The molecule has 2 amide bonds. The first-order valence-corrected chi connectivity index (χ1v) is 6.96. The Morgan fingerprint density at radius 1 is 1.50 bits per heavy atom. The van der Waals surface area contributed by atoms with Crippen LogP contribution in [0.25, 0.3) is 0 Å². The number of carbonyl (C=O) groups is 1. The Morgan fingerprint density at radius 3 is 2.72 bits per heavy atom. The summed E-state index contributed by atoms with van der Waals surface area (Å²) in [5.41, 5.74) is 0.972. The van der Waals surface area contributed by atoms with E-state index in [4.69, 9.17) is 5.11 Å². The number of rotatable bonds is 6. The topological polar surface area (TPSA) is 74.2 Å². The van der Waals surface area contributed by atoms with Gasteiger partial charge in [0, 0.05) is 17.5 Å². The van der Waals surface area contributed by atoms with Gasteiger partial charge in [0.25, 0.3) is 0 Å². The molecule has 1 atom stereocenters. The van der Waals surface area contributed by atoms with Crippen LogP contribution in [-0.2, 0) is 6.54 Å². The van der Waals surface area contributed by atoms with Crippen LogP contribution in [0.5, 0.6) is 0 Å². The van der Waals surface area contributed by atoms with Crippen molar-refractivity contribution < 1.29 is 9.90 Å². The first-order chi connectivity index (χ1) is 8.56. The molecule has 0 saturated heterocycles. The first kappa shape index (κ1) is 14.9. The van der Waals surface area contributed by atoms with Gasteiger partial charge in [-0.05, 0) is 26.7 Å². The Labute approximate surface area is 112 Å². The molecule has 5 nitrogen and oxygen atoms in total. The third kappa shape index (κ3) is 4.62. The van der Waals surface area contributed by atoms with E-state index in [1.54, 1.807) is 11.3 Å². The van der Waals surface area contributed by atoms with Crippen molar-refractivity contribution in [3.63, 3.8) is 0 Å². The van der Waals surface area contributed by atoms with Crippen LogP contribution in [0.2, 0.25) is 0 Å². The second kappa shape index (κ2) is 7.33. The minimum atomic E-state index is -0.194. The van der Waals surface area contributed by atoms with Gasteiger partial charge in [0.2, 0.25) is 0 Å². The molecule has 3 N–H and O–H groups in total.